The molecular formula is C14H23N3O. The highest BCUT2D eigenvalue weighted by Gasteiger charge is 1.99. The molecule has 0 aromatic heterocycles. The fraction of sp³-hybridized carbons (Fsp3) is 0.500. The number of carbonyl (C=O) groups excluding carboxylic acids is 1. The molecule has 0 radical (unpaired) electrons. The van der Waals surface area contributed by atoms with Gasteiger partial charge in [-0.1, -0.05) is 29.8 Å². The van der Waals surface area contributed by atoms with E-state index in [4.69, 9.17) is 0 Å². The Balaban J connectivity index is 2.15. The lowest BCUT2D eigenvalue weighted by molar-refractivity contribution is 0.239. The number of nitrogens with one attached hydrogen (secondary N) is 2. The first-order chi connectivity index (χ1) is 8.58. The van der Waals surface area contributed by atoms with Crippen LogP contribution in [0.3, 0.4) is 0 Å². The molecule has 18 heavy (non-hydrogen) atoms. The number of nitrogens with zero attached hydrogens (tertiary/aromatic N) is 1. The van der Waals surface area contributed by atoms with E-state index in [1.54, 1.807) is 0 Å². The summed E-state index contributed by atoms with van der Waals surface area (Å²) >= 11 is 0. The molecule has 0 bridgehead atoms. The summed E-state index contributed by atoms with van der Waals surface area (Å²) in [5.41, 5.74) is 2.51. The predicted molar refractivity (Wildman–Crippen MR) is 74.8 cm³/mol. The summed E-state index contributed by atoms with van der Waals surface area (Å²) in [4.78, 5) is 13.5. The first-order valence-corrected chi connectivity index (χ1v) is 6.30. The van der Waals surface area contributed by atoms with Gasteiger partial charge in [0, 0.05) is 19.6 Å². The van der Waals surface area contributed by atoms with Gasteiger partial charge in [0.1, 0.15) is 0 Å². The van der Waals surface area contributed by atoms with E-state index in [-0.39, 0.29) is 6.03 Å². The van der Waals surface area contributed by atoms with Crippen molar-refractivity contribution in [2.24, 2.45) is 0 Å². The standard InChI is InChI=1S/C14H23N3O/c1-12-5-4-6-13(11-12)7-8-15-14(18)16-9-10-17(2)3/h4-6,11H,7-10H2,1-3H3,(H2,15,16,18). The number of urea groups is 1. The Hall–Kier alpha value is -1.55. The molecule has 0 aliphatic carbocycles. The number of hydrogen-bond acceptors (Lipinski definition) is 2. The molecule has 0 fully saturated rings. The van der Waals surface area contributed by atoms with Gasteiger partial charge in [-0.25, -0.2) is 4.79 Å². The van der Waals surface area contributed by atoms with Gasteiger partial charge in [-0.05, 0) is 33.0 Å². The second kappa shape index (κ2) is 7.71. The van der Waals surface area contributed by atoms with Gasteiger partial charge in [0.2, 0.25) is 0 Å². The first-order valence-electron chi connectivity index (χ1n) is 6.30. The molecule has 0 saturated carbocycles. The molecule has 2 N–H and O–H groups in total. The molecule has 1 rings (SSSR count). The van der Waals surface area contributed by atoms with E-state index in [1.807, 2.05) is 25.1 Å². The minimum Gasteiger partial charge on any atom is -0.338 e. The SMILES string of the molecule is Cc1cccc(CCNC(=O)NCCN(C)C)c1. The van der Waals surface area contributed by atoms with Crippen molar-refractivity contribution in [2.75, 3.05) is 33.7 Å². The fourth-order valence-corrected chi connectivity index (χ4v) is 1.64. The monoisotopic (exact) mass is 249 g/mol. The first kappa shape index (κ1) is 14.5. The summed E-state index contributed by atoms with van der Waals surface area (Å²) in [5.74, 6) is 0. The molecule has 1 aromatic rings. The van der Waals surface area contributed by atoms with E-state index in [0.717, 1.165) is 13.0 Å². The van der Waals surface area contributed by atoms with Crippen molar-refractivity contribution in [1.82, 2.24) is 15.5 Å². The summed E-state index contributed by atoms with van der Waals surface area (Å²) < 4.78 is 0. The van der Waals surface area contributed by atoms with Crippen molar-refractivity contribution in [3.63, 3.8) is 0 Å². The van der Waals surface area contributed by atoms with E-state index in [1.165, 1.54) is 11.1 Å². The van der Waals surface area contributed by atoms with Crippen LogP contribution in [0.15, 0.2) is 24.3 Å². The van der Waals surface area contributed by atoms with Crippen LogP contribution in [0.25, 0.3) is 0 Å². The summed E-state index contributed by atoms with van der Waals surface area (Å²) in [6.45, 7) is 4.26. The highest BCUT2D eigenvalue weighted by atomic mass is 16.2. The maximum absolute atomic E-state index is 11.4. The predicted octanol–water partition coefficient (Wildman–Crippen LogP) is 1.40. The second-order valence-electron chi connectivity index (χ2n) is 4.73. The Bertz CT molecular complexity index is 377. The van der Waals surface area contributed by atoms with E-state index in [2.05, 4.69) is 35.8 Å². The van der Waals surface area contributed by atoms with Gasteiger partial charge in [0.05, 0.1) is 0 Å². The highest BCUT2D eigenvalue weighted by molar-refractivity contribution is 5.73. The van der Waals surface area contributed by atoms with Crippen LogP contribution in [-0.2, 0) is 6.42 Å². The van der Waals surface area contributed by atoms with Gasteiger partial charge in [0.25, 0.3) is 0 Å². The molecule has 0 aliphatic rings. The smallest absolute Gasteiger partial charge is 0.314 e. The molecule has 0 saturated heterocycles. The lowest BCUT2D eigenvalue weighted by Gasteiger charge is -2.11. The van der Waals surface area contributed by atoms with Gasteiger partial charge >= 0.3 is 6.03 Å². The largest absolute Gasteiger partial charge is 0.338 e. The van der Waals surface area contributed by atoms with E-state index >= 15 is 0 Å². The Morgan fingerprint density at radius 1 is 1.22 bits per heavy atom. The van der Waals surface area contributed by atoms with Crippen molar-refractivity contribution in [1.29, 1.82) is 0 Å². The van der Waals surface area contributed by atoms with Crippen LogP contribution >= 0.6 is 0 Å². The van der Waals surface area contributed by atoms with Crippen molar-refractivity contribution < 1.29 is 4.79 Å². The molecule has 0 unspecified atom stereocenters. The molecule has 0 spiro atoms. The van der Waals surface area contributed by atoms with Crippen molar-refractivity contribution in [3.8, 4) is 0 Å². The zero-order valence-electron chi connectivity index (χ0n) is 11.5. The number of carbonyl (C=O) groups is 1. The van der Waals surface area contributed by atoms with Crippen LogP contribution in [0.2, 0.25) is 0 Å². The normalized spacial score (nSPS) is 10.4. The average Bonchev–Trinajstić information content (AvgIpc) is 2.28. The van der Waals surface area contributed by atoms with Gasteiger partial charge < -0.3 is 15.5 Å². The molecule has 0 atom stereocenters. The van der Waals surface area contributed by atoms with Crippen LogP contribution < -0.4 is 10.6 Å². The summed E-state index contributed by atoms with van der Waals surface area (Å²) in [7, 11) is 3.97. The van der Waals surface area contributed by atoms with Crippen LogP contribution in [0.1, 0.15) is 11.1 Å². The molecule has 1 aromatic carbocycles. The maximum Gasteiger partial charge on any atom is 0.314 e. The second-order valence-corrected chi connectivity index (χ2v) is 4.73. The minimum atomic E-state index is -0.0931. The number of rotatable bonds is 6. The Morgan fingerprint density at radius 2 is 1.94 bits per heavy atom. The van der Waals surface area contributed by atoms with E-state index < -0.39 is 0 Å². The zero-order valence-corrected chi connectivity index (χ0v) is 11.5. The van der Waals surface area contributed by atoms with Crippen molar-refractivity contribution >= 4 is 6.03 Å². The number of aryl methyl sites for hydroxylation is 1. The zero-order chi connectivity index (χ0) is 13.4. The van der Waals surface area contributed by atoms with Gasteiger partial charge in [0.15, 0.2) is 0 Å². The number of likely N-dealkylation sites (N-methyl/N-ethyl adjacent to an activating group) is 1. The van der Waals surface area contributed by atoms with Gasteiger partial charge in [-0.15, -0.1) is 0 Å². The van der Waals surface area contributed by atoms with Gasteiger partial charge in [-0.2, -0.15) is 0 Å². The van der Waals surface area contributed by atoms with E-state index in [9.17, 15) is 4.79 Å². The van der Waals surface area contributed by atoms with Crippen molar-refractivity contribution in [3.05, 3.63) is 35.4 Å². The molecular weight excluding hydrogens is 226 g/mol. The lowest BCUT2D eigenvalue weighted by atomic mass is 10.1. The van der Waals surface area contributed by atoms with Crippen LogP contribution in [0.4, 0.5) is 4.79 Å². The Morgan fingerprint density at radius 3 is 2.61 bits per heavy atom. The molecule has 100 valence electrons. The quantitative estimate of drug-likeness (QED) is 0.800. The highest BCUT2D eigenvalue weighted by Crippen LogP contribution is 2.03. The topological polar surface area (TPSA) is 44.4 Å². The van der Waals surface area contributed by atoms with Crippen LogP contribution in [0.5, 0.6) is 0 Å². The number of benzene rings is 1. The molecule has 2 amide bonds. The summed E-state index contributed by atoms with van der Waals surface area (Å²) in [6, 6.07) is 8.25. The fourth-order valence-electron chi connectivity index (χ4n) is 1.64. The number of amides is 2. The lowest BCUT2D eigenvalue weighted by Crippen LogP contribution is -2.39. The Kier molecular flexibility index (Phi) is 6.22. The molecule has 4 nitrogen and oxygen atoms in total. The minimum absolute atomic E-state index is 0.0931. The van der Waals surface area contributed by atoms with Crippen LogP contribution in [-0.4, -0.2) is 44.7 Å². The molecule has 0 heterocycles. The average molecular weight is 249 g/mol. The Labute approximate surface area is 109 Å². The third kappa shape index (κ3) is 6.25. The third-order valence-corrected chi connectivity index (χ3v) is 2.63. The van der Waals surface area contributed by atoms with Crippen molar-refractivity contribution in [2.45, 2.75) is 13.3 Å². The molecule has 4 heteroatoms. The third-order valence-electron chi connectivity index (χ3n) is 2.63. The number of hydrogen-bond donors (Lipinski definition) is 2. The van der Waals surface area contributed by atoms with E-state index in [0.29, 0.717) is 13.1 Å². The summed E-state index contributed by atoms with van der Waals surface area (Å²) in [5, 5.41) is 5.68. The van der Waals surface area contributed by atoms with Gasteiger partial charge in [-0.3, -0.25) is 0 Å². The van der Waals surface area contributed by atoms with Crippen LogP contribution in [0, 0.1) is 6.92 Å². The molecule has 0 aliphatic heterocycles. The summed E-state index contributed by atoms with van der Waals surface area (Å²) in [6.07, 6.45) is 0.864. The maximum atomic E-state index is 11.4.